The molecule has 0 spiro atoms. The van der Waals surface area contributed by atoms with Gasteiger partial charge in [-0.1, -0.05) is 84.9 Å². The summed E-state index contributed by atoms with van der Waals surface area (Å²) in [5.41, 5.74) is 3.90. The first-order valence-electron chi connectivity index (χ1n) is 11.1. The summed E-state index contributed by atoms with van der Waals surface area (Å²) in [6.45, 7) is 0.913. The van der Waals surface area contributed by atoms with E-state index in [0.29, 0.717) is 0 Å². The van der Waals surface area contributed by atoms with Crippen LogP contribution in [0.1, 0.15) is 5.56 Å². The van der Waals surface area contributed by atoms with Crippen molar-refractivity contribution >= 4 is 51.3 Å². The maximum absolute atomic E-state index is 7.24. The number of fused-ring (bicyclic) bond motifs is 1. The van der Waals surface area contributed by atoms with Gasteiger partial charge in [-0.05, 0) is 22.5 Å². The van der Waals surface area contributed by atoms with E-state index in [1.54, 1.807) is 0 Å². The Balaban J connectivity index is 1.64. The second kappa shape index (κ2) is 5.67. The maximum Gasteiger partial charge on any atom is 0.392 e. The normalized spacial score (nSPS) is 15.2. The molecule has 0 aliphatic carbocycles. The van der Waals surface area contributed by atoms with Gasteiger partial charge < -0.3 is 4.43 Å². The molecule has 2 aliphatic heterocycles. The summed E-state index contributed by atoms with van der Waals surface area (Å²) >= 11 is 0. The second-order valence-electron chi connectivity index (χ2n) is 8.81. The molecule has 8 rings (SSSR count). The van der Waals surface area contributed by atoms with Crippen LogP contribution in [0.25, 0.3) is 27.3 Å². The highest BCUT2D eigenvalue weighted by molar-refractivity contribution is 7.07. The van der Waals surface area contributed by atoms with Crippen molar-refractivity contribution in [1.29, 1.82) is 0 Å². The summed E-state index contributed by atoms with van der Waals surface area (Å²) in [5, 5.41) is 7.81. The molecule has 0 unspecified atom stereocenters. The fourth-order valence-corrected chi connectivity index (χ4v) is 9.91. The first-order valence-corrected chi connectivity index (χ1v) is 13.0. The minimum Gasteiger partial charge on any atom is -0.525 e. The molecule has 4 heterocycles. The highest BCUT2D eigenvalue weighted by Crippen LogP contribution is 2.39. The van der Waals surface area contributed by atoms with Crippen LogP contribution in [0.4, 0.5) is 0 Å². The summed E-state index contributed by atoms with van der Waals surface area (Å²) in [6, 6.07) is 34.9. The minimum atomic E-state index is -2.76. The van der Waals surface area contributed by atoms with Crippen LogP contribution >= 0.6 is 0 Å². The van der Waals surface area contributed by atoms with Gasteiger partial charge in [0.1, 0.15) is 12.7 Å². The molecular formula is C28H19N2OSi+. The lowest BCUT2D eigenvalue weighted by Gasteiger charge is -2.33. The van der Waals surface area contributed by atoms with Crippen molar-refractivity contribution in [1.82, 2.24) is 4.40 Å². The van der Waals surface area contributed by atoms with E-state index in [1.807, 2.05) is 0 Å². The lowest BCUT2D eigenvalue weighted by molar-refractivity contribution is -0.656. The molecule has 0 saturated carbocycles. The molecule has 32 heavy (non-hydrogen) atoms. The summed E-state index contributed by atoms with van der Waals surface area (Å²) in [7, 11) is -2.76. The van der Waals surface area contributed by atoms with Gasteiger partial charge in [-0.25, -0.2) is 4.57 Å². The van der Waals surface area contributed by atoms with E-state index in [9.17, 15) is 0 Å². The van der Waals surface area contributed by atoms with Gasteiger partial charge >= 0.3 is 8.32 Å². The molecule has 4 heteroatoms. The SMILES string of the molecule is c1ccc([Si]2(c3ccccc3)Oc3cccc4c5cccc6c5c5n(c2c[n+]5C6)c34)cc1. The first-order chi connectivity index (χ1) is 15.9. The fourth-order valence-electron chi connectivity index (χ4n) is 5.96. The third kappa shape index (κ3) is 1.82. The van der Waals surface area contributed by atoms with Gasteiger partial charge in [-0.3, -0.25) is 0 Å². The second-order valence-corrected chi connectivity index (χ2v) is 12.0. The predicted octanol–water partition coefficient (Wildman–Crippen LogP) is 3.25. The van der Waals surface area contributed by atoms with Crippen LogP contribution in [0.5, 0.6) is 5.75 Å². The van der Waals surface area contributed by atoms with Crippen LogP contribution in [0.3, 0.4) is 0 Å². The maximum atomic E-state index is 7.24. The summed E-state index contributed by atoms with van der Waals surface area (Å²) in [5.74, 6) is 0.983. The Kier molecular flexibility index (Phi) is 2.97. The number of hydrogen-bond acceptors (Lipinski definition) is 1. The Morgan fingerprint density at radius 3 is 2.16 bits per heavy atom. The standard InChI is InChI=1S/C28H19N2OSi/c1-3-10-20(11-4-1)32(21-12-5-2-6-13-21)25-18-29-17-19-9-7-14-22-23-15-8-16-24(31-32)27(23)30(25)28(29)26(19)22/h1-16,18H,17H2/q+1. The summed E-state index contributed by atoms with van der Waals surface area (Å²) < 4.78 is 12.2. The Hall–Kier alpha value is -3.89. The van der Waals surface area contributed by atoms with Crippen molar-refractivity contribution in [3.8, 4) is 5.75 Å². The first kappa shape index (κ1) is 16.8. The molecular weight excluding hydrogens is 408 g/mol. The third-order valence-electron chi connectivity index (χ3n) is 7.22. The van der Waals surface area contributed by atoms with Gasteiger partial charge in [0.15, 0.2) is 16.6 Å². The van der Waals surface area contributed by atoms with E-state index in [1.165, 1.54) is 48.6 Å². The van der Waals surface area contributed by atoms with Crippen LogP contribution < -0.4 is 24.7 Å². The largest absolute Gasteiger partial charge is 0.525 e. The highest BCUT2D eigenvalue weighted by atomic mass is 28.4. The quantitative estimate of drug-likeness (QED) is 0.235. The van der Waals surface area contributed by atoms with Gasteiger partial charge in [-0.15, -0.1) is 0 Å². The molecule has 0 fully saturated rings. The van der Waals surface area contributed by atoms with Crippen molar-refractivity contribution in [2.75, 3.05) is 0 Å². The topological polar surface area (TPSA) is 17.5 Å². The van der Waals surface area contributed by atoms with Crippen molar-refractivity contribution in [3.05, 3.63) is 109 Å². The van der Waals surface area contributed by atoms with E-state index in [-0.39, 0.29) is 0 Å². The molecule has 0 amide bonds. The summed E-state index contributed by atoms with van der Waals surface area (Å²) in [4.78, 5) is 0. The zero-order valence-electron chi connectivity index (χ0n) is 17.3. The molecule has 150 valence electrons. The van der Waals surface area contributed by atoms with E-state index >= 15 is 0 Å². The molecule has 6 aromatic rings. The van der Waals surface area contributed by atoms with Crippen molar-refractivity contribution in [2.45, 2.75) is 6.54 Å². The van der Waals surface area contributed by atoms with Crippen molar-refractivity contribution in [2.24, 2.45) is 0 Å². The Morgan fingerprint density at radius 2 is 1.41 bits per heavy atom. The van der Waals surface area contributed by atoms with Gasteiger partial charge in [0.25, 0.3) is 5.65 Å². The zero-order chi connectivity index (χ0) is 20.9. The smallest absolute Gasteiger partial charge is 0.392 e. The minimum absolute atomic E-state index is 0.913. The Bertz CT molecular complexity index is 1680. The molecule has 0 radical (unpaired) electrons. The highest BCUT2D eigenvalue weighted by Gasteiger charge is 2.54. The molecule has 2 aliphatic rings. The van der Waals surface area contributed by atoms with Crippen LogP contribution in [0.2, 0.25) is 0 Å². The fraction of sp³-hybridized carbons (Fsp3) is 0.0357. The van der Waals surface area contributed by atoms with Crippen LogP contribution in [-0.4, -0.2) is 12.7 Å². The molecule has 3 nitrogen and oxygen atoms in total. The number of aromatic nitrogens is 2. The number of hydrogen-bond donors (Lipinski definition) is 0. The van der Waals surface area contributed by atoms with Crippen LogP contribution in [-0.2, 0) is 6.54 Å². The zero-order valence-corrected chi connectivity index (χ0v) is 18.3. The number of benzene rings is 4. The number of pyridine rings is 1. The number of nitrogens with zero attached hydrogens (tertiary/aromatic N) is 2. The Labute approximate surface area is 185 Å². The molecule has 0 saturated heterocycles. The van der Waals surface area contributed by atoms with E-state index in [0.717, 1.165) is 12.3 Å². The van der Waals surface area contributed by atoms with Gasteiger partial charge in [0, 0.05) is 16.3 Å². The van der Waals surface area contributed by atoms with Gasteiger partial charge in [0.05, 0.1) is 5.39 Å². The molecule has 0 atom stereocenters. The lowest BCUT2D eigenvalue weighted by atomic mass is 10.0. The molecule has 0 N–H and O–H groups in total. The van der Waals surface area contributed by atoms with Crippen LogP contribution in [0.15, 0.2) is 103 Å². The van der Waals surface area contributed by atoms with Crippen molar-refractivity contribution in [3.63, 3.8) is 0 Å². The average molecular weight is 428 g/mol. The molecule has 2 aromatic heterocycles. The molecule has 0 bridgehead atoms. The van der Waals surface area contributed by atoms with E-state index < -0.39 is 8.32 Å². The lowest BCUT2D eigenvalue weighted by Crippen LogP contribution is -2.73. The van der Waals surface area contributed by atoms with E-state index in [4.69, 9.17) is 4.43 Å². The number of rotatable bonds is 2. The van der Waals surface area contributed by atoms with Crippen molar-refractivity contribution < 1.29 is 8.99 Å². The predicted molar refractivity (Wildman–Crippen MR) is 130 cm³/mol. The van der Waals surface area contributed by atoms with Crippen LogP contribution in [0, 0.1) is 0 Å². The van der Waals surface area contributed by atoms with E-state index in [2.05, 4.69) is 112 Å². The van der Waals surface area contributed by atoms with Gasteiger partial charge in [0.2, 0.25) is 0 Å². The monoisotopic (exact) mass is 427 g/mol. The molecule has 4 aromatic carbocycles. The average Bonchev–Trinajstić information content (AvgIpc) is 3.41. The Morgan fingerprint density at radius 1 is 0.719 bits per heavy atom. The number of para-hydroxylation sites is 1. The third-order valence-corrected chi connectivity index (χ3v) is 11.1. The summed E-state index contributed by atoms with van der Waals surface area (Å²) in [6.07, 6.45) is 2.37. The van der Waals surface area contributed by atoms with Gasteiger partial charge in [-0.2, -0.15) is 4.40 Å². The number of imidazole rings is 1.